The number of halogens is 1. The van der Waals surface area contributed by atoms with Crippen molar-refractivity contribution in [3.05, 3.63) is 41.7 Å². The molecule has 0 aliphatic carbocycles. The number of nitrogens with zero attached hydrogens (tertiary/aromatic N) is 2. The van der Waals surface area contributed by atoms with E-state index in [9.17, 15) is 0 Å². The van der Waals surface area contributed by atoms with Gasteiger partial charge in [-0.1, -0.05) is 18.2 Å². The summed E-state index contributed by atoms with van der Waals surface area (Å²) in [5.41, 5.74) is 2.11. The highest BCUT2D eigenvalue weighted by Crippen LogP contribution is 2.43. The van der Waals surface area contributed by atoms with Crippen LogP contribution >= 0.6 is 11.6 Å². The number of hydrogen-bond acceptors (Lipinski definition) is 5. The SMILES string of the molecule is COc1cc(OC)c(-c2nc(Cl)nc3ccccc23)c(OC)c1. The molecule has 0 saturated heterocycles. The number of aromatic nitrogens is 2. The molecule has 0 bridgehead atoms. The summed E-state index contributed by atoms with van der Waals surface area (Å²) in [4.78, 5) is 8.65. The molecule has 0 fully saturated rings. The third-order valence-electron chi connectivity index (χ3n) is 3.53. The summed E-state index contributed by atoms with van der Waals surface area (Å²) in [5.74, 6) is 1.80. The first-order valence-corrected chi connectivity index (χ1v) is 7.28. The number of fused-ring (bicyclic) bond motifs is 1. The minimum absolute atomic E-state index is 0.165. The molecule has 0 N–H and O–H groups in total. The van der Waals surface area contributed by atoms with E-state index in [1.165, 1.54) is 0 Å². The van der Waals surface area contributed by atoms with Gasteiger partial charge < -0.3 is 14.2 Å². The van der Waals surface area contributed by atoms with Crippen molar-refractivity contribution in [3.63, 3.8) is 0 Å². The van der Waals surface area contributed by atoms with Crippen LogP contribution in [0.1, 0.15) is 0 Å². The van der Waals surface area contributed by atoms with Crippen molar-refractivity contribution in [1.29, 1.82) is 0 Å². The Labute approximate surface area is 138 Å². The fraction of sp³-hybridized carbons (Fsp3) is 0.176. The van der Waals surface area contributed by atoms with Crippen LogP contribution in [-0.4, -0.2) is 31.3 Å². The Kier molecular flexibility index (Phi) is 4.21. The number of ether oxygens (including phenoxy) is 3. The Morgan fingerprint density at radius 2 is 1.52 bits per heavy atom. The number of para-hydroxylation sites is 1. The van der Waals surface area contributed by atoms with Gasteiger partial charge in [0.15, 0.2) is 0 Å². The lowest BCUT2D eigenvalue weighted by Gasteiger charge is -2.16. The second-order valence-electron chi connectivity index (χ2n) is 4.77. The average molecular weight is 331 g/mol. The minimum Gasteiger partial charge on any atom is -0.496 e. The van der Waals surface area contributed by atoms with Gasteiger partial charge in [0.25, 0.3) is 0 Å². The van der Waals surface area contributed by atoms with Crippen LogP contribution in [0.2, 0.25) is 5.28 Å². The van der Waals surface area contributed by atoms with E-state index in [2.05, 4.69) is 9.97 Å². The Morgan fingerprint density at radius 1 is 0.870 bits per heavy atom. The molecule has 3 aromatic rings. The smallest absolute Gasteiger partial charge is 0.223 e. The molecule has 1 heterocycles. The number of rotatable bonds is 4. The van der Waals surface area contributed by atoms with E-state index in [1.54, 1.807) is 33.5 Å². The van der Waals surface area contributed by atoms with Gasteiger partial charge in [0.05, 0.1) is 38.1 Å². The first-order valence-electron chi connectivity index (χ1n) is 6.90. The quantitative estimate of drug-likeness (QED) is 0.677. The first kappa shape index (κ1) is 15.4. The number of benzene rings is 2. The predicted molar refractivity (Wildman–Crippen MR) is 89.6 cm³/mol. The van der Waals surface area contributed by atoms with Gasteiger partial charge >= 0.3 is 0 Å². The highest BCUT2D eigenvalue weighted by atomic mass is 35.5. The summed E-state index contributed by atoms with van der Waals surface area (Å²) >= 11 is 6.09. The Morgan fingerprint density at radius 3 is 2.13 bits per heavy atom. The van der Waals surface area contributed by atoms with Crippen molar-refractivity contribution >= 4 is 22.5 Å². The summed E-state index contributed by atoms with van der Waals surface area (Å²) < 4.78 is 16.3. The molecule has 0 spiro atoms. The van der Waals surface area contributed by atoms with E-state index in [4.69, 9.17) is 25.8 Å². The maximum Gasteiger partial charge on any atom is 0.223 e. The topological polar surface area (TPSA) is 53.5 Å². The molecular formula is C17H15ClN2O3. The molecule has 0 saturated carbocycles. The lowest BCUT2D eigenvalue weighted by molar-refractivity contribution is 0.377. The normalized spacial score (nSPS) is 10.6. The summed E-state index contributed by atoms with van der Waals surface area (Å²) in [6, 6.07) is 11.2. The Hall–Kier alpha value is -2.53. The summed E-state index contributed by atoms with van der Waals surface area (Å²) in [6.07, 6.45) is 0. The van der Waals surface area contributed by atoms with Crippen molar-refractivity contribution in [2.45, 2.75) is 0 Å². The van der Waals surface area contributed by atoms with E-state index >= 15 is 0 Å². The molecule has 3 rings (SSSR count). The standard InChI is InChI=1S/C17H15ClN2O3/c1-21-10-8-13(22-2)15(14(9-10)23-3)16-11-6-4-5-7-12(11)19-17(18)20-16/h4-9H,1-3H3. The highest BCUT2D eigenvalue weighted by molar-refractivity contribution is 6.29. The molecule has 2 aromatic carbocycles. The van der Waals surface area contributed by atoms with Gasteiger partial charge in [-0.3, -0.25) is 0 Å². The van der Waals surface area contributed by atoms with Gasteiger partial charge in [-0.15, -0.1) is 0 Å². The Balaban J connectivity index is 2.38. The molecule has 0 unspecified atom stereocenters. The van der Waals surface area contributed by atoms with E-state index in [1.807, 2.05) is 24.3 Å². The summed E-state index contributed by atoms with van der Waals surface area (Å²) in [7, 11) is 4.76. The summed E-state index contributed by atoms with van der Waals surface area (Å²) in [5, 5.41) is 1.03. The Bertz CT molecular complexity index is 843. The fourth-order valence-electron chi connectivity index (χ4n) is 2.48. The largest absolute Gasteiger partial charge is 0.496 e. The molecule has 1 aromatic heterocycles. The van der Waals surface area contributed by atoms with Crippen molar-refractivity contribution in [3.8, 4) is 28.5 Å². The lowest BCUT2D eigenvalue weighted by atomic mass is 10.0. The first-order chi connectivity index (χ1) is 11.2. The highest BCUT2D eigenvalue weighted by Gasteiger charge is 2.19. The zero-order valence-electron chi connectivity index (χ0n) is 13.0. The zero-order chi connectivity index (χ0) is 16.4. The van der Waals surface area contributed by atoms with Crippen LogP contribution in [0.5, 0.6) is 17.2 Å². The third-order valence-corrected chi connectivity index (χ3v) is 3.70. The van der Waals surface area contributed by atoms with Gasteiger partial charge in [0.1, 0.15) is 17.2 Å². The van der Waals surface area contributed by atoms with Crippen LogP contribution in [0.25, 0.3) is 22.2 Å². The van der Waals surface area contributed by atoms with Gasteiger partial charge in [-0.2, -0.15) is 0 Å². The van der Waals surface area contributed by atoms with Crippen LogP contribution < -0.4 is 14.2 Å². The van der Waals surface area contributed by atoms with E-state index in [0.29, 0.717) is 28.5 Å². The molecule has 118 valence electrons. The van der Waals surface area contributed by atoms with Crippen LogP contribution in [-0.2, 0) is 0 Å². The van der Waals surface area contributed by atoms with E-state index < -0.39 is 0 Å². The number of methoxy groups -OCH3 is 3. The van der Waals surface area contributed by atoms with Crippen LogP contribution in [0.4, 0.5) is 0 Å². The van der Waals surface area contributed by atoms with Crippen molar-refractivity contribution in [2.75, 3.05) is 21.3 Å². The van der Waals surface area contributed by atoms with Gasteiger partial charge in [0.2, 0.25) is 5.28 Å². The molecule has 0 aliphatic heterocycles. The van der Waals surface area contributed by atoms with Gasteiger partial charge in [-0.05, 0) is 17.7 Å². The van der Waals surface area contributed by atoms with Crippen molar-refractivity contribution in [1.82, 2.24) is 9.97 Å². The molecule has 0 atom stereocenters. The van der Waals surface area contributed by atoms with Crippen LogP contribution in [0, 0.1) is 0 Å². The molecule has 5 nitrogen and oxygen atoms in total. The average Bonchev–Trinajstić information content (AvgIpc) is 2.59. The van der Waals surface area contributed by atoms with Gasteiger partial charge in [-0.25, -0.2) is 9.97 Å². The van der Waals surface area contributed by atoms with Crippen molar-refractivity contribution < 1.29 is 14.2 Å². The maximum absolute atomic E-state index is 6.09. The molecule has 0 aliphatic rings. The van der Waals surface area contributed by atoms with Crippen LogP contribution in [0.15, 0.2) is 36.4 Å². The van der Waals surface area contributed by atoms with Gasteiger partial charge in [0, 0.05) is 17.5 Å². The van der Waals surface area contributed by atoms with Crippen molar-refractivity contribution in [2.24, 2.45) is 0 Å². The monoisotopic (exact) mass is 330 g/mol. The van der Waals surface area contributed by atoms with E-state index in [0.717, 1.165) is 10.9 Å². The minimum atomic E-state index is 0.165. The lowest BCUT2D eigenvalue weighted by Crippen LogP contribution is -1.98. The summed E-state index contributed by atoms with van der Waals surface area (Å²) in [6.45, 7) is 0. The van der Waals surface area contributed by atoms with E-state index in [-0.39, 0.29) is 5.28 Å². The van der Waals surface area contributed by atoms with Crippen LogP contribution in [0.3, 0.4) is 0 Å². The zero-order valence-corrected chi connectivity index (χ0v) is 13.7. The molecular weight excluding hydrogens is 316 g/mol. The fourth-order valence-corrected chi connectivity index (χ4v) is 2.65. The predicted octanol–water partition coefficient (Wildman–Crippen LogP) is 3.98. The molecule has 0 amide bonds. The maximum atomic E-state index is 6.09. The molecule has 0 radical (unpaired) electrons. The second kappa shape index (κ2) is 6.30. The molecule has 6 heteroatoms. The second-order valence-corrected chi connectivity index (χ2v) is 5.10. The third kappa shape index (κ3) is 2.75. The molecule has 23 heavy (non-hydrogen) atoms. The number of hydrogen-bond donors (Lipinski definition) is 0.